The van der Waals surface area contributed by atoms with E-state index in [1.807, 2.05) is 0 Å². The van der Waals surface area contributed by atoms with Crippen molar-refractivity contribution in [2.75, 3.05) is 12.3 Å². The Morgan fingerprint density at radius 1 is 1.53 bits per heavy atom. The molecule has 15 heavy (non-hydrogen) atoms. The van der Waals surface area contributed by atoms with Crippen molar-refractivity contribution < 1.29 is 19.0 Å². The third-order valence-corrected chi connectivity index (χ3v) is 2.28. The summed E-state index contributed by atoms with van der Waals surface area (Å²) in [7, 11) is 0. The van der Waals surface area contributed by atoms with Crippen LogP contribution in [0.2, 0.25) is 10.0 Å². The molecule has 0 bridgehead atoms. The number of hydrogen-bond donors (Lipinski definition) is 2. The standard InChI is InChI=1S/C8H6Cl2FNO3/c9-6-3(11)1-4(7(10)8(6)12)15-2-5(13)14/h1H,2,12H2,(H,13,14). The van der Waals surface area contributed by atoms with E-state index in [2.05, 4.69) is 0 Å². The quantitative estimate of drug-likeness (QED) is 0.640. The van der Waals surface area contributed by atoms with Crippen LogP contribution in [0, 0.1) is 5.82 Å². The van der Waals surface area contributed by atoms with E-state index in [1.54, 1.807) is 0 Å². The Bertz CT molecular complexity index is 411. The van der Waals surface area contributed by atoms with Crippen LogP contribution in [0.15, 0.2) is 6.07 Å². The summed E-state index contributed by atoms with van der Waals surface area (Å²) in [5.74, 6) is -2.18. The average molecular weight is 254 g/mol. The number of halogens is 3. The molecule has 4 nitrogen and oxygen atoms in total. The first-order valence-electron chi connectivity index (χ1n) is 3.71. The highest BCUT2D eigenvalue weighted by molar-refractivity contribution is 6.39. The van der Waals surface area contributed by atoms with Crippen molar-refractivity contribution in [1.82, 2.24) is 0 Å². The van der Waals surface area contributed by atoms with Gasteiger partial charge in [-0.25, -0.2) is 9.18 Å². The van der Waals surface area contributed by atoms with Gasteiger partial charge in [0, 0.05) is 6.07 Å². The number of carboxylic acid groups (broad SMARTS) is 1. The SMILES string of the molecule is Nc1c(Cl)c(F)cc(OCC(=O)O)c1Cl. The van der Waals surface area contributed by atoms with Gasteiger partial charge in [-0.1, -0.05) is 23.2 Å². The zero-order valence-electron chi connectivity index (χ0n) is 7.26. The normalized spacial score (nSPS) is 10.1. The largest absolute Gasteiger partial charge is 0.480 e. The first-order valence-corrected chi connectivity index (χ1v) is 4.46. The molecule has 0 aliphatic carbocycles. The second-order valence-corrected chi connectivity index (χ2v) is 3.34. The number of ether oxygens (including phenoxy) is 1. The highest BCUT2D eigenvalue weighted by Crippen LogP contribution is 2.37. The summed E-state index contributed by atoms with van der Waals surface area (Å²) < 4.78 is 17.8. The highest BCUT2D eigenvalue weighted by Gasteiger charge is 2.15. The number of anilines is 1. The molecular formula is C8H6Cl2FNO3. The van der Waals surface area contributed by atoms with Gasteiger partial charge in [-0.2, -0.15) is 0 Å². The molecule has 82 valence electrons. The van der Waals surface area contributed by atoms with Crippen molar-refractivity contribution in [1.29, 1.82) is 0 Å². The molecule has 0 unspecified atom stereocenters. The van der Waals surface area contributed by atoms with Crippen LogP contribution in [0.3, 0.4) is 0 Å². The zero-order valence-corrected chi connectivity index (χ0v) is 8.77. The molecule has 0 heterocycles. The van der Waals surface area contributed by atoms with Gasteiger partial charge in [0.1, 0.15) is 21.6 Å². The summed E-state index contributed by atoms with van der Waals surface area (Å²) >= 11 is 11.1. The molecule has 3 N–H and O–H groups in total. The summed E-state index contributed by atoms with van der Waals surface area (Å²) in [4.78, 5) is 10.2. The number of aliphatic carboxylic acids is 1. The zero-order chi connectivity index (χ0) is 11.6. The van der Waals surface area contributed by atoms with Crippen LogP contribution >= 0.6 is 23.2 Å². The smallest absolute Gasteiger partial charge is 0.341 e. The number of hydrogen-bond acceptors (Lipinski definition) is 3. The van der Waals surface area contributed by atoms with Gasteiger partial charge in [-0.15, -0.1) is 0 Å². The Kier molecular flexibility index (Phi) is 3.60. The van der Waals surface area contributed by atoms with E-state index in [9.17, 15) is 9.18 Å². The minimum atomic E-state index is -1.21. The number of nitrogen functional groups attached to an aromatic ring is 1. The van der Waals surface area contributed by atoms with Crippen molar-refractivity contribution in [2.24, 2.45) is 0 Å². The molecular weight excluding hydrogens is 248 g/mol. The molecule has 0 saturated heterocycles. The van der Waals surface area contributed by atoms with Crippen LogP contribution in [0.4, 0.5) is 10.1 Å². The minimum Gasteiger partial charge on any atom is -0.480 e. The summed E-state index contributed by atoms with van der Waals surface area (Å²) in [5.41, 5.74) is 5.18. The van der Waals surface area contributed by atoms with Crippen LogP contribution in [0.1, 0.15) is 0 Å². The van der Waals surface area contributed by atoms with E-state index in [0.717, 1.165) is 6.07 Å². The van der Waals surface area contributed by atoms with Gasteiger partial charge in [-0.3, -0.25) is 0 Å². The fourth-order valence-corrected chi connectivity index (χ4v) is 1.25. The van der Waals surface area contributed by atoms with E-state index >= 15 is 0 Å². The molecule has 1 rings (SSSR count). The average Bonchev–Trinajstić information content (AvgIpc) is 2.18. The van der Waals surface area contributed by atoms with Crippen LogP contribution in [-0.4, -0.2) is 17.7 Å². The number of carbonyl (C=O) groups is 1. The van der Waals surface area contributed by atoms with Crippen LogP contribution in [0.25, 0.3) is 0 Å². The van der Waals surface area contributed by atoms with Crippen LogP contribution in [-0.2, 0) is 4.79 Å². The molecule has 0 radical (unpaired) electrons. The summed E-state index contributed by atoms with van der Waals surface area (Å²) in [6.45, 7) is -0.639. The lowest BCUT2D eigenvalue weighted by Gasteiger charge is -2.09. The highest BCUT2D eigenvalue weighted by atomic mass is 35.5. The van der Waals surface area contributed by atoms with Crippen molar-refractivity contribution in [3.05, 3.63) is 21.9 Å². The number of carboxylic acids is 1. The van der Waals surface area contributed by atoms with E-state index in [4.69, 9.17) is 38.8 Å². The molecule has 0 atom stereocenters. The van der Waals surface area contributed by atoms with Crippen molar-refractivity contribution in [3.8, 4) is 5.75 Å². The van der Waals surface area contributed by atoms with E-state index < -0.39 is 18.4 Å². The van der Waals surface area contributed by atoms with E-state index in [1.165, 1.54) is 0 Å². The Balaban J connectivity index is 3.04. The van der Waals surface area contributed by atoms with Gasteiger partial charge < -0.3 is 15.6 Å². The van der Waals surface area contributed by atoms with Gasteiger partial charge in [0.15, 0.2) is 6.61 Å². The second-order valence-electron chi connectivity index (χ2n) is 2.58. The molecule has 0 aliphatic rings. The Morgan fingerprint density at radius 3 is 2.67 bits per heavy atom. The fraction of sp³-hybridized carbons (Fsp3) is 0.125. The molecule has 0 amide bonds. The van der Waals surface area contributed by atoms with Gasteiger partial charge in [0.2, 0.25) is 0 Å². The van der Waals surface area contributed by atoms with E-state index in [0.29, 0.717) is 0 Å². The Morgan fingerprint density at radius 2 is 2.13 bits per heavy atom. The van der Waals surface area contributed by atoms with Gasteiger partial charge in [-0.05, 0) is 0 Å². The maximum absolute atomic E-state index is 13.0. The molecule has 0 aromatic heterocycles. The Labute approximate surface area is 94.3 Å². The summed E-state index contributed by atoms with van der Waals surface area (Å²) in [6.07, 6.45) is 0. The predicted octanol–water partition coefficient (Wildman–Crippen LogP) is 2.18. The van der Waals surface area contributed by atoms with Crippen LogP contribution < -0.4 is 10.5 Å². The van der Waals surface area contributed by atoms with Gasteiger partial charge in [0.05, 0.1) is 5.69 Å². The van der Waals surface area contributed by atoms with Crippen molar-refractivity contribution in [3.63, 3.8) is 0 Å². The molecule has 1 aromatic carbocycles. The van der Waals surface area contributed by atoms with E-state index in [-0.39, 0.29) is 21.5 Å². The maximum atomic E-state index is 13.0. The molecule has 7 heteroatoms. The summed E-state index contributed by atoms with van der Waals surface area (Å²) in [5, 5.41) is 7.91. The minimum absolute atomic E-state index is 0.109. The van der Waals surface area contributed by atoms with Gasteiger partial charge in [0.25, 0.3) is 0 Å². The molecule has 0 saturated carbocycles. The summed E-state index contributed by atoms with van der Waals surface area (Å²) in [6, 6.07) is 0.879. The monoisotopic (exact) mass is 253 g/mol. The lowest BCUT2D eigenvalue weighted by atomic mass is 10.3. The molecule has 0 fully saturated rings. The lowest BCUT2D eigenvalue weighted by Crippen LogP contribution is -2.10. The number of benzene rings is 1. The van der Waals surface area contributed by atoms with Crippen LogP contribution in [0.5, 0.6) is 5.75 Å². The third-order valence-electron chi connectivity index (χ3n) is 1.51. The first-order chi connectivity index (χ1) is 6.93. The Hall–Kier alpha value is -1.20. The molecule has 0 aliphatic heterocycles. The first kappa shape index (κ1) is 11.9. The third kappa shape index (κ3) is 2.64. The maximum Gasteiger partial charge on any atom is 0.341 e. The van der Waals surface area contributed by atoms with Crippen molar-refractivity contribution >= 4 is 34.9 Å². The van der Waals surface area contributed by atoms with Gasteiger partial charge >= 0.3 is 5.97 Å². The molecule has 1 aromatic rings. The number of nitrogens with two attached hydrogens (primary N) is 1. The number of rotatable bonds is 3. The van der Waals surface area contributed by atoms with Crippen molar-refractivity contribution in [2.45, 2.75) is 0 Å². The molecule has 0 spiro atoms. The topological polar surface area (TPSA) is 72.5 Å². The fourth-order valence-electron chi connectivity index (χ4n) is 0.844. The lowest BCUT2D eigenvalue weighted by molar-refractivity contribution is -0.139. The second kappa shape index (κ2) is 4.55. The predicted molar refractivity (Wildman–Crippen MR) is 54.0 cm³/mol.